The molecular weight excluding hydrogens is 342 g/mol. The molecule has 5 heteroatoms. The fourth-order valence-electron chi connectivity index (χ4n) is 3.57. The molecule has 4 rings (SSSR count). The Bertz CT molecular complexity index is 899. The first-order valence-corrected chi connectivity index (χ1v) is 9.99. The predicted molar refractivity (Wildman–Crippen MR) is 107 cm³/mol. The van der Waals surface area contributed by atoms with Gasteiger partial charge in [0.05, 0.1) is 11.1 Å². The molecule has 134 valence electrons. The molecule has 0 saturated carbocycles. The molecule has 0 aliphatic carbocycles. The van der Waals surface area contributed by atoms with Crippen LogP contribution >= 0.6 is 11.3 Å². The first kappa shape index (κ1) is 17.2. The molecule has 0 spiro atoms. The molecule has 0 N–H and O–H groups in total. The Morgan fingerprint density at radius 1 is 1.12 bits per heavy atom. The fraction of sp³-hybridized carbons (Fsp3) is 0.333. The third kappa shape index (κ3) is 3.50. The minimum atomic E-state index is 0.115. The molecule has 0 radical (unpaired) electrons. The summed E-state index contributed by atoms with van der Waals surface area (Å²) in [6.07, 6.45) is 2.86. The van der Waals surface area contributed by atoms with E-state index < -0.39 is 0 Å². The number of benzene rings is 1. The van der Waals surface area contributed by atoms with Gasteiger partial charge < -0.3 is 4.90 Å². The second-order valence-corrected chi connectivity index (χ2v) is 7.83. The fourth-order valence-corrected chi connectivity index (χ4v) is 4.27. The Balaban J connectivity index is 1.43. The zero-order valence-electron chi connectivity index (χ0n) is 15.0. The highest BCUT2D eigenvalue weighted by atomic mass is 32.1. The number of nitrogens with zero attached hydrogens (tertiary/aromatic N) is 3. The predicted octanol–water partition coefficient (Wildman–Crippen LogP) is 3.61. The van der Waals surface area contributed by atoms with E-state index in [2.05, 4.69) is 27.4 Å². The van der Waals surface area contributed by atoms with E-state index in [0.717, 1.165) is 61.2 Å². The molecule has 1 saturated heterocycles. The van der Waals surface area contributed by atoms with Crippen molar-refractivity contribution in [3.05, 3.63) is 64.0 Å². The summed E-state index contributed by atoms with van der Waals surface area (Å²) in [6, 6.07) is 12.3. The van der Waals surface area contributed by atoms with Gasteiger partial charge in [-0.15, -0.1) is 11.3 Å². The summed E-state index contributed by atoms with van der Waals surface area (Å²) in [7, 11) is 0. The van der Waals surface area contributed by atoms with Crippen LogP contribution in [0.15, 0.2) is 48.0 Å². The number of piperazine rings is 1. The number of carbonyl (C=O) groups is 1. The van der Waals surface area contributed by atoms with Gasteiger partial charge in [0.1, 0.15) is 0 Å². The lowest BCUT2D eigenvalue weighted by Crippen LogP contribution is -2.49. The molecule has 1 aliphatic rings. The van der Waals surface area contributed by atoms with Gasteiger partial charge in [0.2, 0.25) is 0 Å². The van der Waals surface area contributed by atoms with Gasteiger partial charge in [0.15, 0.2) is 0 Å². The minimum absolute atomic E-state index is 0.115. The number of fused-ring (bicyclic) bond motifs is 1. The van der Waals surface area contributed by atoms with Crippen molar-refractivity contribution in [3.8, 4) is 0 Å². The topological polar surface area (TPSA) is 36.4 Å². The quantitative estimate of drug-likeness (QED) is 0.709. The molecule has 1 amide bonds. The zero-order chi connectivity index (χ0) is 17.9. The average Bonchev–Trinajstić information content (AvgIpc) is 3.20. The van der Waals surface area contributed by atoms with E-state index in [1.807, 2.05) is 47.4 Å². The van der Waals surface area contributed by atoms with Crippen LogP contribution in [0.2, 0.25) is 0 Å². The average molecular weight is 366 g/mol. The molecule has 3 aromatic rings. The van der Waals surface area contributed by atoms with E-state index in [1.54, 1.807) is 6.20 Å². The maximum atomic E-state index is 13.2. The lowest BCUT2D eigenvalue weighted by atomic mass is 10.0. The maximum absolute atomic E-state index is 13.2. The van der Waals surface area contributed by atoms with E-state index in [0.29, 0.717) is 0 Å². The van der Waals surface area contributed by atoms with Crippen LogP contribution in [-0.2, 0) is 6.42 Å². The summed E-state index contributed by atoms with van der Waals surface area (Å²) in [5.74, 6) is 0.115. The summed E-state index contributed by atoms with van der Waals surface area (Å²) in [5.41, 5.74) is 2.58. The largest absolute Gasteiger partial charge is 0.336 e. The van der Waals surface area contributed by atoms with Crippen molar-refractivity contribution in [2.45, 2.75) is 13.3 Å². The number of aryl methyl sites for hydroxylation is 1. The van der Waals surface area contributed by atoms with Crippen LogP contribution < -0.4 is 0 Å². The molecule has 3 heterocycles. The molecule has 0 unspecified atom stereocenters. The van der Waals surface area contributed by atoms with E-state index >= 15 is 0 Å². The first-order chi connectivity index (χ1) is 12.7. The number of amides is 1. The Morgan fingerprint density at radius 3 is 2.73 bits per heavy atom. The highest BCUT2D eigenvalue weighted by Crippen LogP contribution is 2.22. The van der Waals surface area contributed by atoms with E-state index in [1.165, 1.54) is 4.88 Å². The maximum Gasteiger partial charge on any atom is 0.256 e. The van der Waals surface area contributed by atoms with Crippen molar-refractivity contribution >= 4 is 28.1 Å². The molecule has 0 atom stereocenters. The van der Waals surface area contributed by atoms with Gasteiger partial charge in [0, 0.05) is 49.2 Å². The van der Waals surface area contributed by atoms with Crippen LogP contribution in [0.1, 0.15) is 20.8 Å². The van der Waals surface area contributed by atoms with Gasteiger partial charge in [0.25, 0.3) is 5.91 Å². The summed E-state index contributed by atoms with van der Waals surface area (Å²) >= 11 is 1.82. The Hall–Kier alpha value is -2.24. The van der Waals surface area contributed by atoms with Crippen LogP contribution in [0.3, 0.4) is 0 Å². The van der Waals surface area contributed by atoms with Gasteiger partial charge in [-0.1, -0.05) is 24.3 Å². The number of pyridine rings is 1. The van der Waals surface area contributed by atoms with Crippen LogP contribution in [0, 0.1) is 6.92 Å². The molecule has 26 heavy (non-hydrogen) atoms. The number of carbonyl (C=O) groups excluding carboxylic acids is 1. The monoisotopic (exact) mass is 365 g/mol. The second-order valence-electron chi connectivity index (χ2n) is 6.80. The Morgan fingerprint density at radius 2 is 1.96 bits per heavy atom. The highest BCUT2D eigenvalue weighted by molar-refractivity contribution is 7.09. The molecule has 1 fully saturated rings. The SMILES string of the molecule is Cc1ccc2cccnc2c1C(=O)N1CCN(CCc2cccs2)CC1. The lowest BCUT2D eigenvalue weighted by Gasteiger charge is -2.35. The van der Waals surface area contributed by atoms with Gasteiger partial charge >= 0.3 is 0 Å². The Labute approximate surface area is 158 Å². The molecule has 1 aliphatic heterocycles. The van der Waals surface area contributed by atoms with Crippen molar-refractivity contribution in [2.24, 2.45) is 0 Å². The van der Waals surface area contributed by atoms with Gasteiger partial charge in [-0.05, 0) is 36.4 Å². The van der Waals surface area contributed by atoms with E-state index in [4.69, 9.17) is 0 Å². The number of thiophene rings is 1. The van der Waals surface area contributed by atoms with Crippen LogP contribution in [0.5, 0.6) is 0 Å². The van der Waals surface area contributed by atoms with Crippen molar-refractivity contribution in [2.75, 3.05) is 32.7 Å². The minimum Gasteiger partial charge on any atom is -0.336 e. The van der Waals surface area contributed by atoms with Gasteiger partial charge in [-0.25, -0.2) is 0 Å². The number of hydrogen-bond acceptors (Lipinski definition) is 4. The standard InChI is InChI=1S/C21H23N3OS/c1-16-6-7-17-4-2-9-22-20(17)19(16)21(25)24-13-11-23(12-14-24)10-8-18-5-3-15-26-18/h2-7,9,15H,8,10-14H2,1H3. The number of aromatic nitrogens is 1. The third-order valence-corrected chi connectivity index (χ3v) is 6.05. The van der Waals surface area contributed by atoms with Crippen LogP contribution in [-0.4, -0.2) is 53.4 Å². The zero-order valence-corrected chi connectivity index (χ0v) is 15.8. The summed E-state index contributed by atoms with van der Waals surface area (Å²) in [6.45, 7) is 6.51. The molecule has 0 bridgehead atoms. The van der Waals surface area contributed by atoms with Crippen molar-refractivity contribution in [1.29, 1.82) is 0 Å². The molecular formula is C21H23N3OS. The summed E-state index contributed by atoms with van der Waals surface area (Å²) < 4.78 is 0. The Kier molecular flexibility index (Phi) is 5.00. The number of hydrogen-bond donors (Lipinski definition) is 0. The summed E-state index contributed by atoms with van der Waals surface area (Å²) in [5, 5.41) is 3.16. The molecule has 4 nitrogen and oxygen atoms in total. The third-order valence-electron chi connectivity index (χ3n) is 5.11. The summed E-state index contributed by atoms with van der Waals surface area (Å²) in [4.78, 5) is 23.5. The van der Waals surface area contributed by atoms with Crippen molar-refractivity contribution in [3.63, 3.8) is 0 Å². The highest BCUT2D eigenvalue weighted by Gasteiger charge is 2.24. The van der Waals surface area contributed by atoms with Crippen LogP contribution in [0.25, 0.3) is 10.9 Å². The normalized spacial score (nSPS) is 15.5. The van der Waals surface area contributed by atoms with E-state index in [-0.39, 0.29) is 5.91 Å². The second kappa shape index (κ2) is 7.56. The smallest absolute Gasteiger partial charge is 0.256 e. The first-order valence-electron chi connectivity index (χ1n) is 9.11. The van der Waals surface area contributed by atoms with Gasteiger partial charge in [-0.3, -0.25) is 14.7 Å². The van der Waals surface area contributed by atoms with Crippen molar-refractivity contribution in [1.82, 2.24) is 14.8 Å². The molecule has 2 aromatic heterocycles. The van der Waals surface area contributed by atoms with E-state index in [9.17, 15) is 4.79 Å². The lowest BCUT2D eigenvalue weighted by molar-refractivity contribution is 0.0640. The molecule has 1 aromatic carbocycles. The van der Waals surface area contributed by atoms with Crippen molar-refractivity contribution < 1.29 is 4.79 Å². The van der Waals surface area contributed by atoms with Crippen LogP contribution in [0.4, 0.5) is 0 Å². The number of rotatable bonds is 4. The van der Waals surface area contributed by atoms with Gasteiger partial charge in [-0.2, -0.15) is 0 Å².